The van der Waals surface area contributed by atoms with Gasteiger partial charge in [-0.05, 0) is 31.2 Å². The monoisotopic (exact) mass is 249 g/mol. The summed E-state index contributed by atoms with van der Waals surface area (Å²) in [5, 5.41) is 3.65. The Hall–Kier alpha value is -0.930. The topological polar surface area (TPSA) is 38.3 Å². The number of ether oxygens (including phenoxy) is 1. The zero-order valence-corrected chi connectivity index (χ0v) is 10.1. The Morgan fingerprint density at radius 2 is 1.93 bits per heavy atom. The molecule has 3 nitrogen and oxygen atoms in total. The molecule has 0 saturated carbocycles. The van der Waals surface area contributed by atoms with Crippen LogP contribution in [0.1, 0.15) is 6.92 Å². The average molecular weight is 250 g/mol. The summed E-state index contributed by atoms with van der Waals surface area (Å²) in [5.41, 5.74) is 0.840. The summed E-state index contributed by atoms with van der Waals surface area (Å²) in [6, 6.07) is 6.77. The molecule has 15 heavy (non-hydrogen) atoms. The smallest absolute Gasteiger partial charge is 0.327 e. The first-order valence-electron chi connectivity index (χ1n) is 4.23. The second-order valence-electron chi connectivity index (χ2n) is 2.90. The Morgan fingerprint density at radius 3 is 2.40 bits per heavy atom. The van der Waals surface area contributed by atoms with Crippen molar-refractivity contribution >= 4 is 35.7 Å². The van der Waals surface area contributed by atoms with Crippen LogP contribution >= 0.6 is 24.0 Å². The number of benzene rings is 1. The number of nitrogens with one attached hydrogen (secondary N) is 1. The average Bonchev–Trinajstić information content (AvgIpc) is 2.20. The molecule has 0 amide bonds. The lowest BCUT2D eigenvalue weighted by Crippen LogP contribution is -2.26. The van der Waals surface area contributed by atoms with E-state index in [-0.39, 0.29) is 24.4 Å². The van der Waals surface area contributed by atoms with E-state index < -0.39 is 0 Å². The Labute approximate surface area is 100 Å². The van der Waals surface area contributed by atoms with E-state index in [1.807, 2.05) is 12.1 Å². The summed E-state index contributed by atoms with van der Waals surface area (Å²) in [7, 11) is 1.36. The van der Waals surface area contributed by atoms with Crippen LogP contribution in [0.15, 0.2) is 24.3 Å². The normalized spacial score (nSPS) is 11.1. The molecule has 0 spiro atoms. The van der Waals surface area contributed by atoms with Gasteiger partial charge in [0, 0.05) is 10.7 Å². The summed E-state index contributed by atoms with van der Waals surface area (Å²) >= 11 is 5.72. The van der Waals surface area contributed by atoms with Crippen LogP contribution in [0.5, 0.6) is 0 Å². The third-order valence-corrected chi connectivity index (χ3v) is 2.03. The van der Waals surface area contributed by atoms with Crippen LogP contribution < -0.4 is 5.32 Å². The zero-order valence-electron chi connectivity index (χ0n) is 8.49. The molecule has 0 aliphatic carbocycles. The number of anilines is 1. The Morgan fingerprint density at radius 1 is 1.40 bits per heavy atom. The van der Waals surface area contributed by atoms with Gasteiger partial charge in [0.05, 0.1) is 7.11 Å². The van der Waals surface area contributed by atoms with Crippen molar-refractivity contribution in [2.45, 2.75) is 13.0 Å². The van der Waals surface area contributed by atoms with Gasteiger partial charge in [-0.1, -0.05) is 11.6 Å². The molecular weight excluding hydrogens is 237 g/mol. The largest absolute Gasteiger partial charge is 0.467 e. The molecule has 1 aromatic carbocycles. The van der Waals surface area contributed by atoms with E-state index in [2.05, 4.69) is 10.1 Å². The third kappa shape index (κ3) is 4.40. The van der Waals surface area contributed by atoms with E-state index in [9.17, 15) is 4.79 Å². The quantitative estimate of drug-likeness (QED) is 0.838. The van der Waals surface area contributed by atoms with Crippen LogP contribution in [-0.2, 0) is 9.53 Å². The van der Waals surface area contributed by atoms with Gasteiger partial charge in [-0.2, -0.15) is 0 Å². The van der Waals surface area contributed by atoms with E-state index >= 15 is 0 Å². The molecule has 84 valence electrons. The van der Waals surface area contributed by atoms with Gasteiger partial charge in [0.2, 0.25) is 0 Å². The van der Waals surface area contributed by atoms with Crippen molar-refractivity contribution in [1.82, 2.24) is 0 Å². The Balaban J connectivity index is 0.00000196. The molecule has 0 radical (unpaired) electrons. The molecule has 0 fully saturated rings. The van der Waals surface area contributed by atoms with Gasteiger partial charge in [-0.25, -0.2) is 4.79 Å². The van der Waals surface area contributed by atoms with Crippen LogP contribution in [0.2, 0.25) is 5.02 Å². The Kier molecular flexibility index (Phi) is 6.13. The summed E-state index contributed by atoms with van der Waals surface area (Å²) < 4.78 is 4.58. The molecule has 1 aromatic rings. The first-order valence-corrected chi connectivity index (χ1v) is 4.61. The number of hydrogen-bond acceptors (Lipinski definition) is 3. The van der Waals surface area contributed by atoms with Gasteiger partial charge in [-0.15, -0.1) is 12.4 Å². The number of methoxy groups -OCH3 is 1. The second kappa shape index (κ2) is 6.53. The predicted molar refractivity (Wildman–Crippen MR) is 63.8 cm³/mol. The first-order chi connectivity index (χ1) is 6.63. The number of halogens is 2. The molecule has 0 saturated heterocycles. The van der Waals surface area contributed by atoms with Crippen molar-refractivity contribution in [3.8, 4) is 0 Å². The number of hydrogen-bond donors (Lipinski definition) is 1. The second-order valence-corrected chi connectivity index (χ2v) is 3.33. The minimum absolute atomic E-state index is 0. The van der Waals surface area contributed by atoms with E-state index in [0.29, 0.717) is 5.02 Å². The highest BCUT2D eigenvalue weighted by molar-refractivity contribution is 6.30. The molecule has 0 bridgehead atoms. The van der Waals surface area contributed by atoms with Crippen LogP contribution in [-0.4, -0.2) is 19.1 Å². The minimum atomic E-state index is -0.360. The third-order valence-electron chi connectivity index (χ3n) is 1.78. The summed E-state index contributed by atoms with van der Waals surface area (Å²) in [5.74, 6) is -0.292. The van der Waals surface area contributed by atoms with Crippen molar-refractivity contribution < 1.29 is 9.53 Å². The lowest BCUT2D eigenvalue weighted by atomic mass is 10.2. The van der Waals surface area contributed by atoms with Crippen LogP contribution in [0.25, 0.3) is 0 Å². The fourth-order valence-electron chi connectivity index (χ4n) is 1.03. The summed E-state index contributed by atoms with van der Waals surface area (Å²) in [6.45, 7) is 1.74. The minimum Gasteiger partial charge on any atom is -0.467 e. The zero-order chi connectivity index (χ0) is 10.6. The molecule has 0 unspecified atom stereocenters. The van der Waals surface area contributed by atoms with E-state index in [4.69, 9.17) is 11.6 Å². The van der Waals surface area contributed by atoms with Gasteiger partial charge < -0.3 is 10.1 Å². The summed E-state index contributed by atoms with van der Waals surface area (Å²) in [4.78, 5) is 11.1. The van der Waals surface area contributed by atoms with E-state index in [1.54, 1.807) is 19.1 Å². The highest BCUT2D eigenvalue weighted by Crippen LogP contribution is 2.14. The molecule has 1 atom stereocenters. The number of rotatable bonds is 3. The Bertz CT molecular complexity index is 314. The highest BCUT2D eigenvalue weighted by Gasteiger charge is 2.11. The van der Waals surface area contributed by atoms with Crippen molar-refractivity contribution in [2.75, 3.05) is 12.4 Å². The van der Waals surface area contributed by atoms with Gasteiger partial charge in [0.25, 0.3) is 0 Å². The molecule has 0 aliphatic rings. The molecule has 5 heteroatoms. The standard InChI is InChI=1S/C10H12ClNO2.ClH/c1-7(10(13)14-2)12-9-5-3-8(11)4-6-9;/h3-7,12H,1-2H3;1H/t7-;/m1./s1. The number of esters is 1. The fraction of sp³-hybridized carbons (Fsp3) is 0.300. The molecule has 1 rings (SSSR count). The van der Waals surface area contributed by atoms with Crippen molar-refractivity contribution in [2.24, 2.45) is 0 Å². The maximum atomic E-state index is 11.1. The molecule has 0 heterocycles. The summed E-state index contributed by atoms with van der Waals surface area (Å²) in [6.07, 6.45) is 0. The molecular formula is C10H13Cl2NO2. The van der Waals surface area contributed by atoms with Crippen LogP contribution in [0.3, 0.4) is 0 Å². The van der Waals surface area contributed by atoms with E-state index in [0.717, 1.165) is 5.69 Å². The highest BCUT2D eigenvalue weighted by atomic mass is 35.5. The lowest BCUT2D eigenvalue weighted by Gasteiger charge is -2.12. The molecule has 0 aliphatic heterocycles. The molecule has 1 N–H and O–H groups in total. The maximum absolute atomic E-state index is 11.1. The van der Waals surface area contributed by atoms with Gasteiger partial charge >= 0.3 is 5.97 Å². The predicted octanol–water partition coefficient (Wildman–Crippen LogP) is 2.74. The van der Waals surface area contributed by atoms with Crippen molar-refractivity contribution in [1.29, 1.82) is 0 Å². The van der Waals surface area contributed by atoms with E-state index in [1.165, 1.54) is 7.11 Å². The van der Waals surface area contributed by atoms with Crippen molar-refractivity contribution in [3.05, 3.63) is 29.3 Å². The van der Waals surface area contributed by atoms with Gasteiger partial charge in [0.1, 0.15) is 6.04 Å². The lowest BCUT2D eigenvalue weighted by molar-refractivity contribution is -0.141. The first kappa shape index (κ1) is 14.1. The fourth-order valence-corrected chi connectivity index (χ4v) is 1.16. The van der Waals surface area contributed by atoms with Crippen LogP contribution in [0.4, 0.5) is 5.69 Å². The van der Waals surface area contributed by atoms with Gasteiger partial charge in [0.15, 0.2) is 0 Å². The number of carbonyl (C=O) groups is 1. The molecule has 0 aromatic heterocycles. The van der Waals surface area contributed by atoms with Gasteiger partial charge in [-0.3, -0.25) is 0 Å². The number of carbonyl (C=O) groups excluding carboxylic acids is 1. The maximum Gasteiger partial charge on any atom is 0.327 e. The SMILES string of the molecule is COC(=O)[C@@H](C)Nc1ccc(Cl)cc1.Cl. The van der Waals surface area contributed by atoms with Crippen LogP contribution in [0, 0.1) is 0 Å². The van der Waals surface area contributed by atoms with Crippen molar-refractivity contribution in [3.63, 3.8) is 0 Å².